The van der Waals surface area contributed by atoms with Gasteiger partial charge in [-0.1, -0.05) is 32.1 Å². The van der Waals surface area contributed by atoms with Gasteiger partial charge in [0, 0.05) is 11.6 Å². The zero-order valence-corrected chi connectivity index (χ0v) is 14.0. The second-order valence-corrected chi connectivity index (χ2v) is 6.64. The summed E-state index contributed by atoms with van der Waals surface area (Å²) in [6.07, 6.45) is 1.12. The van der Waals surface area contributed by atoms with Crippen molar-refractivity contribution in [3.63, 3.8) is 0 Å². The molecule has 0 aliphatic rings. The van der Waals surface area contributed by atoms with Crippen LogP contribution in [-0.2, 0) is 11.3 Å². The van der Waals surface area contributed by atoms with Crippen molar-refractivity contribution in [2.45, 2.75) is 33.4 Å². The van der Waals surface area contributed by atoms with Gasteiger partial charge in [-0.25, -0.2) is 18.3 Å². The number of nitrogens with zero attached hydrogens (tertiary/aromatic N) is 3. The number of halogens is 2. The molecule has 0 radical (unpaired) electrons. The molecule has 1 aromatic heterocycles. The molecule has 7 nitrogen and oxygen atoms in total. The highest BCUT2D eigenvalue weighted by atomic mass is 19.1. The van der Waals surface area contributed by atoms with Crippen LogP contribution in [0.4, 0.5) is 8.78 Å². The van der Waals surface area contributed by atoms with E-state index in [0.29, 0.717) is 0 Å². The third kappa shape index (κ3) is 4.59. The summed E-state index contributed by atoms with van der Waals surface area (Å²) in [7, 11) is 0. The van der Waals surface area contributed by atoms with Crippen molar-refractivity contribution in [2.75, 3.05) is 0 Å². The number of hydrogen-bond donors (Lipinski definition) is 2. The Labute approximate surface area is 142 Å². The van der Waals surface area contributed by atoms with E-state index in [1.165, 1.54) is 6.07 Å². The highest BCUT2D eigenvalue weighted by Crippen LogP contribution is 2.34. The summed E-state index contributed by atoms with van der Waals surface area (Å²) in [5, 5.41) is 18.4. The van der Waals surface area contributed by atoms with Gasteiger partial charge < -0.3 is 10.4 Å². The maximum Gasteiger partial charge on any atom is 0.358 e. The standard InChI is InChI=1S/C16H18F2N4O3/c1-16(2,3)14(10-5-4-9(17)6-11(10)18)19-13(23)8-22-7-12(15(24)25)20-21-22/h4-7,14H,8H2,1-3H3,(H,19,23)(H,24,25). The Kier molecular flexibility index (Phi) is 5.15. The fraction of sp³-hybridized carbons (Fsp3) is 0.375. The third-order valence-corrected chi connectivity index (χ3v) is 3.51. The smallest absolute Gasteiger partial charge is 0.358 e. The van der Waals surface area contributed by atoms with Gasteiger partial charge in [0.1, 0.15) is 18.2 Å². The van der Waals surface area contributed by atoms with Crippen molar-refractivity contribution < 1.29 is 23.5 Å². The average molecular weight is 352 g/mol. The van der Waals surface area contributed by atoms with Gasteiger partial charge in [-0.2, -0.15) is 0 Å². The molecule has 1 amide bonds. The van der Waals surface area contributed by atoms with Crippen LogP contribution < -0.4 is 5.32 Å². The summed E-state index contributed by atoms with van der Waals surface area (Å²) in [6.45, 7) is 5.13. The number of carboxylic acids is 1. The molecule has 9 heteroatoms. The Morgan fingerprint density at radius 1 is 1.32 bits per heavy atom. The van der Waals surface area contributed by atoms with Gasteiger partial charge in [0.15, 0.2) is 5.69 Å². The molecule has 1 aromatic carbocycles. The lowest BCUT2D eigenvalue weighted by Crippen LogP contribution is -2.39. The van der Waals surface area contributed by atoms with Crippen LogP contribution in [0, 0.1) is 17.0 Å². The predicted octanol–water partition coefficient (Wildman–Crippen LogP) is 2.16. The number of aromatic nitrogens is 3. The number of hydrogen-bond acceptors (Lipinski definition) is 4. The number of amides is 1. The van der Waals surface area contributed by atoms with Crippen molar-refractivity contribution in [3.05, 3.63) is 47.3 Å². The van der Waals surface area contributed by atoms with Gasteiger partial charge in [0.25, 0.3) is 0 Å². The largest absolute Gasteiger partial charge is 0.476 e. The normalized spacial score (nSPS) is 12.7. The number of benzene rings is 1. The lowest BCUT2D eigenvalue weighted by atomic mass is 9.82. The molecule has 0 saturated heterocycles. The van der Waals surface area contributed by atoms with E-state index < -0.39 is 35.0 Å². The first-order valence-corrected chi connectivity index (χ1v) is 7.45. The summed E-state index contributed by atoms with van der Waals surface area (Å²) in [6, 6.07) is 2.46. The molecule has 1 heterocycles. The first-order valence-electron chi connectivity index (χ1n) is 7.45. The minimum absolute atomic E-state index is 0.159. The van der Waals surface area contributed by atoms with Crippen LogP contribution in [0.1, 0.15) is 42.9 Å². The SMILES string of the molecule is CC(C)(C)C(NC(=O)Cn1cc(C(=O)O)nn1)c1ccc(F)cc1F. The Hall–Kier alpha value is -2.84. The molecule has 0 aliphatic carbocycles. The quantitative estimate of drug-likeness (QED) is 0.859. The predicted molar refractivity (Wildman–Crippen MR) is 83.7 cm³/mol. The van der Waals surface area contributed by atoms with E-state index in [1.807, 2.05) is 0 Å². The number of carbonyl (C=O) groups is 2. The van der Waals surface area contributed by atoms with Crippen molar-refractivity contribution >= 4 is 11.9 Å². The van der Waals surface area contributed by atoms with Crippen molar-refractivity contribution in [1.29, 1.82) is 0 Å². The van der Waals surface area contributed by atoms with E-state index in [9.17, 15) is 18.4 Å². The minimum Gasteiger partial charge on any atom is -0.476 e. The Bertz CT molecular complexity index is 799. The summed E-state index contributed by atoms with van der Waals surface area (Å²) in [5.41, 5.74) is -0.681. The molecule has 0 bridgehead atoms. The number of nitrogens with one attached hydrogen (secondary N) is 1. The van der Waals surface area contributed by atoms with Crippen LogP contribution in [0.3, 0.4) is 0 Å². The summed E-state index contributed by atoms with van der Waals surface area (Å²) in [4.78, 5) is 23.0. The van der Waals surface area contributed by atoms with E-state index in [1.54, 1.807) is 20.8 Å². The average Bonchev–Trinajstić information content (AvgIpc) is 2.93. The van der Waals surface area contributed by atoms with Crippen molar-refractivity contribution in [2.24, 2.45) is 5.41 Å². The Balaban J connectivity index is 2.19. The van der Waals surface area contributed by atoms with Crippen molar-refractivity contribution in [3.8, 4) is 0 Å². The summed E-state index contributed by atoms with van der Waals surface area (Å²) >= 11 is 0. The maximum atomic E-state index is 14.1. The number of aromatic carboxylic acids is 1. The number of carbonyl (C=O) groups excluding carboxylic acids is 1. The summed E-state index contributed by atoms with van der Waals surface area (Å²) in [5.74, 6) is -3.23. The highest BCUT2D eigenvalue weighted by molar-refractivity contribution is 5.84. The lowest BCUT2D eigenvalue weighted by Gasteiger charge is -2.32. The molecule has 2 rings (SSSR count). The minimum atomic E-state index is -1.26. The van der Waals surface area contributed by atoms with E-state index in [0.717, 1.165) is 23.0 Å². The molecule has 0 saturated carbocycles. The maximum absolute atomic E-state index is 14.1. The highest BCUT2D eigenvalue weighted by Gasteiger charge is 2.30. The van der Waals surface area contributed by atoms with Gasteiger partial charge in [0.05, 0.1) is 12.2 Å². The first-order chi connectivity index (χ1) is 11.6. The molecule has 1 atom stereocenters. The van der Waals surface area contributed by atoms with Crippen LogP contribution in [0.2, 0.25) is 0 Å². The molecule has 2 N–H and O–H groups in total. The number of carboxylic acid groups (broad SMARTS) is 1. The zero-order chi connectivity index (χ0) is 18.8. The van der Waals surface area contributed by atoms with Crippen LogP contribution in [0.15, 0.2) is 24.4 Å². The van der Waals surface area contributed by atoms with Gasteiger partial charge in [-0.05, 0) is 11.5 Å². The topological polar surface area (TPSA) is 97.1 Å². The second-order valence-electron chi connectivity index (χ2n) is 6.64. The molecule has 2 aromatic rings. The molecular formula is C16H18F2N4O3. The first kappa shape index (κ1) is 18.5. The third-order valence-electron chi connectivity index (χ3n) is 3.51. The molecule has 0 fully saturated rings. The van der Waals surface area contributed by atoms with Crippen LogP contribution in [0.5, 0.6) is 0 Å². The lowest BCUT2D eigenvalue weighted by molar-refractivity contribution is -0.123. The Morgan fingerprint density at radius 3 is 2.52 bits per heavy atom. The molecular weight excluding hydrogens is 334 g/mol. The molecule has 1 unspecified atom stereocenters. The Morgan fingerprint density at radius 2 is 2.00 bits per heavy atom. The number of rotatable bonds is 5. The van der Waals surface area contributed by atoms with Crippen LogP contribution in [-0.4, -0.2) is 32.0 Å². The van der Waals surface area contributed by atoms with E-state index in [4.69, 9.17) is 5.11 Å². The second kappa shape index (κ2) is 6.96. The molecule has 0 spiro atoms. The fourth-order valence-electron chi connectivity index (χ4n) is 2.32. The van der Waals surface area contributed by atoms with E-state index in [-0.39, 0.29) is 17.8 Å². The van der Waals surface area contributed by atoms with Gasteiger partial charge in [0.2, 0.25) is 5.91 Å². The molecule has 0 aliphatic heterocycles. The van der Waals surface area contributed by atoms with Crippen molar-refractivity contribution in [1.82, 2.24) is 20.3 Å². The zero-order valence-electron chi connectivity index (χ0n) is 14.0. The van der Waals surface area contributed by atoms with Gasteiger partial charge in [-0.3, -0.25) is 4.79 Å². The van der Waals surface area contributed by atoms with Gasteiger partial charge >= 0.3 is 5.97 Å². The van der Waals surface area contributed by atoms with Crippen LogP contribution in [0.25, 0.3) is 0 Å². The molecule has 25 heavy (non-hydrogen) atoms. The fourth-order valence-corrected chi connectivity index (χ4v) is 2.32. The van der Waals surface area contributed by atoms with Gasteiger partial charge in [-0.15, -0.1) is 5.10 Å². The van der Waals surface area contributed by atoms with E-state index >= 15 is 0 Å². The van der Waals surface area contributed by atoms with Crippen LogP contribution >= 0.6 is 0 Å². The summed E-state index contributed by atoms with van der Waals surface area (Å²) < 4.78 is 28.3. The van der Waals surface area contributed by atoms with E-state index in [2.05, 4.69) is 15.6 Å². The monoisotopic (exact) mass is 352 g/mol. The molecule has 134 valence electrons.